The summed E-state index contributed by atoms with van der Waals surface area (Å²) in [5.74, 6) is -1.19. The van der Waals surface area contributed by atoms with Crippen LogP contribution in [0.4, 0.5) is 11.4 Å². The molecule has 0 unspecified atom stereocenters. The van der Waals surface area contributed by atoms with Crippen molar-refractivity contribution in [1.82, 2.24) is 0 Å². The molecule has 0 saturated heterocycles. The zero-order chi connectivity index (χ0) is 21.4. The van der Waals surface area contributed by atoms with Gasteiger partial charge in [-0.05, 0) is 50.2 Å². The van der Waals surface area contributed by atoms with Crippen LogP contribution < -0.4 is 15.4 Å². The molecule has 8 nitrogen and oxygen atoms in total. The van der Waals surface area contributed by atoms with Gasteiger partial charge in [0.2, 0.25) is 5.91 Å². The first-order valence-electron chi connectivity index (χ1n) is 8.86. The maximum atomic E-state index is 12.2. The van der Waals surface area contributed by atoms with Crippen LogP contribution >= 0.6 is 0 Å². The number of amides is 2. The van der Waals surface area contributed by atoms with Crippen LogP contribution in [0.5, 0.6) is 5.75 Å². The number of hydrogen-bond acceptors (Lipinski definition) is 6. The fraction of sp³-hybridized carbons (Fsp3) is 0.238. The molecule has 0 saturated carbocycles. The Balaban J connectivity index is 1.82. The number of nitrogens with one attached hydrogen (secondary N) is 2. The standard InChI is InChI=1S/C21H22N2O6/c1-13(24)16-5-4-6-19(11-16)28-12-20(26)29-14(2)21(27)23-18-9-7-17(8-10-18)22-15(3)25/h4-11,14H,12H2,1-3H3,(H,22,25)(H,23,27)/t14-/m0/s1. The minimum Gasteiger partial charge on any atom is -0.482 e. The highest BCUT2D eigenvalue weighted by atomic mass is 16.6. The van der Waals surface area contributed by atoms with Gasteiger partial charge in [0.1, 0.15) is 5.75 Å². The van der Waals surface area contributed by atoms with Gasteiger partial charge in [-0.2, -0.15) is 0 Å². The normalized spacial score (nSPS) is 11.1. The maximum absolute atomic E-state index is 12.2. The molecule has 152 valence electrons. The summed E-state index contributed by atoms with van der Waals surface area (Å²) in [6.07, 6.45) is -1.04. The third-order valence-electron chi connectivity index (χ3n) is 3.75. The molecule has 8 heteroatoms. The van der Waals surface area contributed by atoms with Gasteiger partial charge in [0.15, 0.2) is 18.5 Å². The van der Waals surface area contributed by atoms with E-state index in [0.29, 0.717) is 22.7 Å². The average Bonchev–Trinajstić information content (AvgIpc) is 2.67. The lowest BCUT2D eigenvalue weighted by Crippen LogP contribution is -2.31. The summed E-state index contributed by atoms with van der Waals surface area (Å²) in [5, 5.41) is 5.23. The second-order valence-electron chi connectivity index (χ2n) is 6.25. The van der Waals surface area contributed by atoms with Crippen LogP contribution in [0.25, 0.3) is 0 Å². The minimum absolute atomic E-state index is 0.117. The highest BCUT2D eigenvalue weighted by Gasteiger charge is 2.18. The smallest absolute Gasteiger partial charge is 0.344 e. The molecule has 1 atom stereocenters. The van der Waals surface area contributed by atoms with Gasteiger partial charge in [-0.25, -0.2) is 4.79 Å². The average molecular weight is 398 g/mol. The van der Waals surface area contributed by atoms with Crippen LogP contribution in [0.3, 0.4) is 0 Å². The van der Waals surface area contributed by atoms with E-state index in [4.69, 9.17) is 9.47 Å². The van der Waals surface area contributed by atoms with Gasteiger partial charge < -0.3 is 20.1 Å². The summed E-state index contributed by atoms with van der Waals surface area (Å²) in [7, 11) is 0. The van der Waals surface area contributed by atoms with Gasteiger partial charge in [-0.1, -0.05) is 12.1 Å². The predicted octanol–water partition coefficient (Wildman–Crippen LogP) is 2.80. The third kappa shape index (κ3) is 7.10. The molecule has 2 aromatic rings. The van der Waals surface area contributed by atoms with Crippen molar-refractivity contribution >= 4 is 34.9 Å². The molecule has 0 aliphatic heterocycles. The molecule has 0 aromatic heterocycles. The van der Waals surface area contributed by atoms with E-state index < -0.39 is 24.6 Å². The van der Waals surface area contributed by atoms with E-state index in [2.05, 4.69) is 10.6 Å². The second-order valence-corrected chi connectivity index (χ2v) is 6.25. The number of rotatable bonds is 8. The Morgan fingerprint density at radius 1 is 0.931 bits per heavy atom. The van der Waals surface area contributed by atoms with E-state index in [9.17, 15) is 19.2 Å². The molecular weight excluding hydrogens is 376 g/mol. The number of carbonyl (C=O) groups is 4. The summed E-state index contributed by atoms with van der Waals surface area (Å²) in [6.45, 7) is 3.87. The fourth-order valence-corrected chi connectivity index (χ4v) is 2.32. The fourth-order valence-electron chi connectivity index (χ4n) is 2.32. The zero-order valence-electron chi connectivity index (χ0n) is 16.4. The molecule has 29 heavy (non-hydrogen) atoms. The van der Waals surface area contributed by atoms with Crippen LogP contribution in [0.2, 0.25) is 0 Å². The van der Waals surface area contributed by atoms with Crippen molar-refractivity contribution in [2.24, 2.45) is 0 Å². The van der Waals surface area contributed by atoms with Crippen LogP contribution in [-0.2, 0) is 19.1 Å². The van der Waals surface area contributed by atoms with Gasteiger partial charge in [0, 0.05) is 23.9 Å². The first-order valence-corrected chi connectivity index (χ1v) is 8.86. The van der Waals surface area contributed by atoms with Crippen LogP contribution in [0.1, 0.15) is 31.1 Å². The van der Waals surface area contributed by atoms with Crippen molar-refractivity contribution in [3.63, 3.8) is 0 Å². The number of ketones is 1. The van der Waals surface area contributed by atoms with E-state index in [1.54, 1.807) is 42.5 Å². The maximum Gasteiger partial charge on any atom is 0.344 e. The lowest BCUT2D eigenvalue weighted by molar-refractivity contribution is -0.155. The first-order chi connectivity index (χ1) is 13.7. The topological polar surface area (TPSA) is 111 Å². The summed E-state index contributed by atoms with van der Waals surface area (Å²) in [6, 6.07) is 12.9. The Morgan fingerprint density at radius 3 is 2.14 bits per heavy atom. The van der Waals surface area contributed by atoms with Crippen LogP contribution in [0.15, 0.2) is 48.5 Å². The van der Waals surface area contributed by atoms with Crippen molar-refractivity contribution in [2.45, 2.75) is 26.9 Å². The van der Waals surface area contributed by atoms with Gasteiger partial charge in [-0.3, -0.25) is 14.4 Å². The molecule has 0 heterocycles. The van der Waals surface area contributed by atoms with Gasteiger partial charge in [-0.15, -0.1) is 0 Å². The van der Waals surface area contributed by atoms with Crippen molar-refractivity contribution in [1.29, 1.82) is 0 Å². The number of hydrogen-bond donors (Lipinski definition) is 2. The zero-order valence-corrected chi connectivity index (χ0v) is 16.4. The Hall–Kier alpha value is -3.68. The molecule has 0 aliphatic rings. The lowest BCUT2D eigenvalue weighted by atomic mass is 10.1. The number of esters is 1. The Bertz CT molecular complexity index is 908. The lowest BCUT2D eigenvalue weighted by Gasteiger charge is -2.14. The van der Waals surface area contributed by atoms with E-state index in [1.165, 1.54) is 26.8 Å². The number of benzene rings is 2. The molecule has 0 bridgehead atoms. The number of Topliss-reactive ketones (excluding diaryl/α,β-unsaturated/α-hetero) is 1. The molecule has 2 rings (SSSR count). The van der Waals surface area contributed by atoms with E-state index >= 15 is 0 Å². The summed E-state index contributed by atoms with van der Waals surface area (Å²) in [5.41, 5.74) is 1.55. The minimum atomic E-state index is -1.04. The van der Waals surface area contributed by atoms with Crippen LogP contribution in [0, 0.1) is 0 Å². The SMILES string of the molecule is CC(=O)Nc1ccc(NC(=O)[C@H](C)OC(=O)COc2cccc(C(C)=O)c2)cc1. The van der Waals surface area contributed by atoms with Crippen molar-refractivity contribution in [2.75, 3.05) is 17.2 Å². The molecule has 2 N–H and O–H groups in total. The number of anilines is 2. The number of carbonyl (C=O) groups excluding carboxylic acids is 4. The van der Waals surface area contributed by atoms with Gasteiger partial charge in [0.25, 0.3) is 5.91 Å². The predicted molar refractivity (Wildman–Crippen MR) is 107 cm³/mol. The van der Waals surface area contributed by atoms with E-state index in [0.717, 1.165) is 0 Å². The Kier molecular flexibility index (Phi) is 7.47. The van der Waals surface area contributed by atoms with Crippen molar-refractivity contribution in [3.05, 3.63) is 54.1 Å². The molecule has 0 aliphatic carbocycles. The van der Waals surface area contributed by atoms with Gasteiger partial charge >= 0.3 is 5.97 Å². The largest absolute Gasteiger partial charge is 0.482 e. The molecule has 0 spiro atoms. The molecule has 0 fully saturated rings. The molecule has 2 amide bonds. The summed E-state index contributed by atoms with van der Waals surface area (Å²) in [4.78, 5) is 46.4. The van der Waals surface area contributed by atoms with E-state index in [1.807, 2.05) is 0 Å². The monoisotopic (exact) mass is 398 g/mol. The first kappa shape index (κ1) is 21.6. The summed E-state index contributed by atoms with van der Waals surface area (Å²) >= 11 is 0. The molecule has 2 aromatic carbocycles. The Morgan fingerprint density at radius 2 is 1.55 bits per heavy atom. The quantitative estimate of drug-likeness (QED) is 0.523. The highest BCUT2D eigenvalue weighted by Crippen LogP contribution is 2.15. The highest BCUT2D eigenvalue weighted by molar-refractivity contribution is 5.96. The molecular formula is C21H22N2O6. The summed E-state index contributed by atoms with van der Waals surface area (Å²) < 4.78 is 10.4. The Labute approximate surface area is 168 Å². The molecule has 0 radical (unpaired) electrons. The van der Waals surface area contributed by atoms with Crippen molar-refractivity contribution < 1.29 is 28.7 Å². The second kappa shape index (κ2) is 10.0. The van der Waals surface area contributed by atoms with E-state index in [-0.39, 0.29) is 11.7 Å². The third-order valence-corrected chi connectivity index (χ3v) is 3.75. The van der Waals surface area contributed by atoms with Crippen molar-refractivity contribution in [3.8, 4) is 5.75 Å². The van der Waals surface area contributed by atoms with Gasteiger partial charge in [0.05, 0.1) is 0 Å². The van der Waals surface area contributed by atoms with Crippen LogP contribution in [-0.4, -0.2) is 36.3 Å². The number of ether oxygens (including phenoxy) is 2.